The number of hydrogen-bond donors (Lipinski definition) is 7. The van der Waals surface area contributed by atoms with Crippen LogP contribution in [0.3, 0.4) is 0 Å². The molecule has 0 aliphatic heterocycles. The fourth-order valence-electron chi connectivity index (χ4n) is 3.62. The van der Waals surface area contributed by atoms with Crippen molar-refractivity contribution < 1.29 is 14.7 Å². The SMILES string of the molecule is N=C(NCCCCc1ccc(C[C@H](N)C(=O)O)c2ccccc12)NC(=O)c1nc(Cl)c(N)nc1N. The first-order chi connectivity index (χ1) is 16.7. The number of amides is 1. The summed E-state index contributed by atoms with van der Waals surface area (Å²) in [5.41, 5.74) is 18.7. The number of nitrogens with two attached hydrogens (primary N) is 3. The lowest BCUT2D eigenvalue weighted by Gasteiger charge is -2.14. The van der Waals surface area contributed by atoms with E-state index in [1.54, 1.807) is 0 Å². The Morgan fingerprint density at radius 1 is 1.03 bits per heavy atom. The molecule has 35 heavy (non-hydrogen) atoms. The van der Waals surface area contributed by atoms with E-state index in [-0.39, 0.29) is 34.9 Å². The Labute approximate surface area is 206 Å². The predicted octanol–water partition coefficient (Wildman–Crippen LogP) is 1.68. The van der Waals surface area contributed by atoms with E-state index >= 15 is 0 Å². The topological polar surface area (TPSA) is 206 Å². The summed E-state index contributed by atoms with van der Waals surface area (Å²) >= 11 is 5.78. The van der Waals surface area contributed by atoms with Crippen molar-refractivity contribution >= 4 is 51.8 Å². The number of hydrogen-bond acceptors (Lipinski definition) is 8. The van der Waals surface area contributed by atoms with Gasteiger partial charge < -0.3 is 27.6 Å². The summed E-state index contributed by atoms with van der Waals surface area (Å²) in [5, 5.41) is 24.1. The summed E-state index contributed by atoms with van der Waals surface area (Å²) in [5.74, 6) is -2.21. The van der Waals surface area contributed by atoms with Crippen LogP contribution in [0.25, 0.3) is 10.8 Å². The summed E-state index contributed by atoms with van der Waals surface area (Å²) in [6.07, 6.45) is 2.63. The third kappa shape index (κ3) is 6.55. The number of anilines is 2. The minimum atomic E-state index is -1.03. The number of fused-ring (bicyclic) bond motifs is 1. The fraction of sp³-hybridized carbons (Fsp3) is 0.261. The van der Waals surface area contributed by atoms with E-state index in [4.69, 9.17) is 39.3 Å². The Hall–Kier alpha value is -3.96. The van der Waals surface area contributed by atoms with Crippen molar-refractivity contribution in [2.75, 3.05) is 18.0 Å². The maximum absolute atomic E-state index is 12.3. The van der Waals surface area contributed by atoms with E-state index in [9.17, 15) is 9.59 Å². The number of aryl methyl sites for hydroxylation is 1. The molecule has 0 aliphatic carbocycles. The smallest absolute Gasteiger partial charge is 0.320 e. The van der Waals surface area contributed by atoms with Crippen LogP contribution in [-0.2, 0) is 17.6 Å². The number of carbonyl (C=O) groups excluding carboxylic acids is 1. The summed E-state index contributed by atoms with van der Waals surface area (Å²) in [6.45, 7) is 0.465. The zero-order valence-corrected chi connectivity index (χ0v) is 19.6. The number of benzene rings is 2. The van der Waals surface area contributed by atoms with Crippen LogP contribution in [0.4, 0.5) is 11.6 Å². The third-order valence-corrected chi connectivity index (χ3v) is 5.67. The molecule has 3 rings (SSSR count). The number of nitrogens with zero attached hydrogens (tertiary/aromatic N) is 2. The Morgan fingerprint density at radius 3 is 2.37 bits per heavy atom. The lowest BCUT2D eigenvalue weighted by atomic mass is 9.93. The third-order valence-electron chi connectivity index (χ3n) is 5.39. The molecule has 10 N–H and O–H groups in total. The quantitative estimate of drug-likeness (QED) is 0.130. The van der Waals surface area contributed by atoms with Gasteiger partial charge >= 0.3 is 5.97 Å². The molecule has 1 amide bonds. The van der Waals surface area contributed by atoms with Crippen LogP contribution in [0.15, 0.2) is 36.4 Å². The van der Waals surface area contributed by atoms with Crippen molar-refractivity contribution in [1.29, 1.82) is 5.41 Å². The Bertz CT molecular complexity index is 1270. The van der Waals surface area contributed by atoms with Crippen molar-refractivity contribution in [3.05, 3.63) is 58.4 Å². The number of nitrogen functional groups attached to an aromatic ring is 2. The molecule has 1 aromatic heterocycles. The number of aliphatic carboxylic acids is 1. The average Bonchev–Trinajstić information content (AvgIpc) is 2.82. The van der Waals surface area contributed by atoms with Crippen LogP contribution in [0, 0.1) is 5.41 Å². The number of aromatic nitrogens is 2. The molecular weight excluding hydrogens is 472 g/mol. The highest BCUT2D eigenvalue weighted by Crippen LogP contribution is 2.25. The molecule has 0 bridgehead atoms. The number of nitrogens with one attached hydrogen (secondary N) is 3. The summed E-state index contributed by atoms with van der Waals surface area (Å²) in [4.78, 5) is 30.9. The molecule has 11 nitrogen and oxygen atoms in total. The normalized spacial score (nSPS) is 11.7. The molecule has 0 radical (unpaired) electrons. The van der Waals surface area contributed by atoms with Crippen molar-refractivity contribution in [1.82, 2.24) is 20.6 Å². The number of carbonyl (C=O) groups is 2. The molecule has 0 aliphatic rings. The molecule has 0 unspecified atom stereocenters. The van der Waals surface area contributed by atoms with Crippen LogP contribution >= 0.6 is 11.6 Å². The van der Waals surface area contributed by atoms with Gasteiger partial charge in [0.25, 0.3) is 5.91 Å². The van der Waals surface area contributed by atoms with Gasteiger partial charge in [-0.05, 0) is 47.6 Å². The zero-order valence-electron chi connectivity index (χ0n) is 18.8. The molecule has 12 heteroatoms. The van der Waals surface area contributed by atoms with Crippen LogP contribution in [-0.4, -0.2) is 45.5 Å². The van der Waals surface area contributed by atoms with E-state index in [0.29, 0.717) is 6.54 Å². The molecule has 2 aromatic carbocycles. The molecule has 0 spiro atoms. The van der Waals surface area contributed by atoms with E-state index < -0.39 is 17.9 Å². The van der Waals surface area contributed by atoms with Gasteiger partial charge in [0.15, 0.2) is 28.4 Å². The van der Waals surface area contributed by atoms with Gasteiger partial charge in [0, 0.05) is 6.54 Å². The first kappa shape index (κ1) is 25.7. The molecule has 1 atom stereocenters. The first-order valence-corrected chi connectivity index (χ1v) is 11.2. The van der Waals surface area contributed by atoms with Gasteiger partial charge in [0.2, 0.25) is 0 Å². The average molecular weight is 499 g/mol. The predicted molar refractivity (Wildman–Crippen MR) is 135 cm³/mol. The van der Waals surface area contributed by atoms with Gasteiger partial charge in [0.05, 0.1) is 0 Å². The number of rotatable bonds is 9. The summed E-state index contributed by atoms with van der Waals surface area (Å²) in [7, 11) is 0. The molecule has 3 aromatic rings. The largest absolute Gasteiger partial charge is 0.480 e. The Balaban J connectivity index is 1.51. The molecule has 0 fully saturated rings. The fourth-order valence-corrected chi connectivity index (χ4v) is 3.75. The maximum Gasteiger partial charge on any atom is 0.320 e. The second-order valence-electron chi connectivity index (χ2n) is 7.92. The van der Waals surface area contributed by atoms with Gasteiger partial charge in [-0.2, -0.15) is 0 Å². The second-order valence-corrected chi connectivity index (χ2v) is 8.28. The van der Waals surface area contributed by atoms with Crippen LogP contribution in [0.5, 0.6) is 0 Å². The van der Waals surface area contributed by atoms with Gasteiger partial charge in [-0.1, -0.05) is 48.0 Å². The summed E-state index contributed by atoms with van der Waals surface area (Å²) < 4.78 is 0. The molecule has 184 valence electrons. The Kier molecular flexibility index (Phi) is 8.39. The number of guanidine groups is 1. The van der Waals surface area contributed by atoms with Gasteiger partial charge in [-0.3, -0.25) is 20.3 Å². The number of halogens is 1. The van der Waals surface area contributed by atoms with Crippen molar-refractivity contribution in [3.8, 4) is 0 Å². The van der Waals surface area contributed by atoms with Gasteiger partial charge in [-0.15, -0.1) is 0 Å². The van der Waals surface area contributed by atoms with Gasteiger partial charge in [-0.25, -0.2) is 9.97 Å². The lowest BCUT2D eigenvalue weighted by molar-refractivity contribution is -0.138. The monoisotopic (exact) mass is 498 g/mol. The Morgan fingerprint density at radius 2 is 1.69 bits per heavy atom. The van der Waals surface area contributed by atoms with Crippen molar-refractivity contribution in [3.63, 3.8) is 0 Å². The zero-order chi connectivity index (χ0) is 25.5. The van der Waals surface area contributed by atoms with Crippen LogP contribution < -0.4 is 27.8 Å². The van der Waals surface area contributed by atoms with Crippen LogP contribution in [0.2, 0.25) is 5.15 Å². The van der Waals surface area contributed by atoms with Crippen molar-refractivity contribution in [2.24, 2.45) is 5.73 Å². The first-order valence-electron chi connectivity index (χ1n) is 10.9. The lowest BCUT2D eigenvalue weighted by Crippen LogP contribution is -2.41. The molecule has 0 saturated carbocycles. The highest BCUT2D eigenvalue weighted by Gasteiger charge is 2.17. The number of unbranched alkanes of at least 4 members (excludes halogenated alkanes) is 1. The molecular formula is C23H27ClN8O3. The standard InChI is InChI=1S/C23H27ClN8O3/c24-18-20(27)31-19(26)17(30-18)21(33)32-23(28)29-10-4-3-5-12-8-9-13(11-16(25)22(34)35)15-7-2-1-6-14(12)15/h1-2,6-9,16H,3-5,10-11,25H2,(H,34,35)(H4,26,27,31)(H3,28,29,32,33)/t16-/m0/s1. The van der Waals surface area contributed by atoms with E-state index in [0.717, 1.165) is 41.2 Å². The molecule has 1 heterocycles. The number of carboxylic acid groups (broad SMARTS) is 1. The summed E-state index contributed by atoms with van der Waals surface area (Å²) in [6, 6.07) is 10.8. The van der Waals surface area contributed by atoms with Gasteiger partial charge in [0.1, 0.15) is 6.04 Å². The van der Waals surface area contributed by atoms with Crippen molar-refractivity contribution in [2.45, 2.75) is 31.7 Å². The second kappa shape index (κ2) is 11.4. The maximum atomic E-state index is 12.3. The van der Waals surface area contributed by atoms with E-state index in [1.807, 2.05) is 36.4 Å². The highest BCUT2D eigenvalue weighted by molar-refractivity contribution is 6.31. The van der Waals surface area contributed by atoms with E-state index in [2.05, 4.69) is 20.6 Å². The molecule has 0 saturated heterocycles. The minimum absolute atomic E-state index is 0.0832. The van der Waals surface area contributed by atoms with Crippen LogP contribution in [0.1, 0.15) is 34.5 Å². The van der Waals surface area contributed by atoms with E-state index in [1.165, 1.54) is 0 Å². The highest BCUT2D eigenvalue weighted by atomic mass is 35.5. The number of carboxylic acids is 1. The minimum Gasteiger partial charge on any atom is -0.480 e.